The highest BCUT2D eigenvalue weighted by atomic mass is 35.5. The molecule has 6 nitrogen and oxygen atoms in total. The first-order chi connectivity index (χ1) is 13.1. The van der Waals surface area contributed by atoms with E-state index in [1.165, 1.54) is 0 Å². The predicted octanol–water partition coefficient (Wildman–Crippen LogP) is 3.70. The van der Waals surface area contributed by atoms with Crippen LogP contribution in [0.2, 0.25) is 5.02 Å². The van der Waals surface area contributed by atoms with Gasteiger partial charge in [0.05, 0.1) is 6.61 Å². The van der Waals surface area contributed by atoms with Crippen LogP contribution in [0.5, 0.6) is 5.75 Å². The van der Waals surface area contributed by atoms with Crippen molar-refractivity contribution in [3.05, 3.63) is 71.4 Å². The topological polar surface area (TPSA) is 69.0 Å². The number of nitrogens with one attached hydrogen (secondary N) is 1. The van der Waals surface area contributed by atoms with E-state index >= 15 is 0 Å². The summed E-state index contributed by atoms with van der Waals surface area (Å²) in [5.74, 6) is 2.39. The van der Waals surface area contributed by atoms with Gasteiger partial charge >= 0.3 is 0 Å². The number of amides is 1. The zero-order valence-electron chi connectivity index (χ0n) is 15.1. The Hall–Kier alpha value is -2.86. The van der Waals surface area contributed by atoms with E-state index in [0.717, 1.165) is 23.0 Å². The van der Waals surface area contributed by atoms with Crippen LogP contribution in [-0.2, 0) is 11.3 Å². The summed E-state index contributed by atoms with van der Waals surface area (Å²) in [6.45, 7) is 2.86. The first-order valence-corrected chi connectivity index (χ1v) is 9.10. The standard InChI is InChI=1S/C20H21ClN4O2/c1-15-22-10-11-25(15)19-13-16(8-9-23-19)14-24-20(26)3-2-12-27-18-6-4-17(21)5-7-18/h4-11,13H,2-3,12,14H2,1H3,(H,24,26). The molecule has 0 aliphatic heterocycles. The van der Waals surface area contributed by atoms with E-state index in [0.29, 0.717) is 31.0 Å². The maximum atomic E-state index is 12.0. The van der Waals surface area contributed by atoms with E-state index < -0.39 is 0 Å². The molecule has 7 heteroatoms. The average Bonchev–Trinajstić information content (AvgIpc) is 3.11. The van der Waals surface area contributed by atoms with Crippen molar-refractivity contribution in [2.75, 3.05) is 6.61 Å². The minimum Gasteiger partial charge on any atom is -0.494 e. The van der Waals surface area contributed by atoms with Gasteiger partial charge in [0, 0.05) is 36.6 Å². The van der Waals surface area contributed by atoms with Gasteiger partial charge in [-0.1, -0.05) is 11.6 Å². The number of imidazole rings is 1. The summed E-state index contributed by atoms with van der Waals surface area (Å²) >= 11 is 5.83. The molecule has 3 aromatic rings. The summed E-state index contributed by atoms with van der Waals surface area (Å²) in [5.41, 5.74) is 0.985. The van der Waals surface area contributed by atoms with Crippen LogP contribution in [0.15, 0.2) is 55.0 Å². The molecular weight excluding hydrogens is 364 g/mol. The molecule has 0 bridgehead atoms. The number of benzene rings is 1. The number of pyridine rings is 1. The first-order valence-electron chi connectivity index (χ1n) is 8.72. The number of aryl methyl sites for hydroxylation is 1. The minimum absolute atomic E-state index is 0.00752. The molecule has 0 radical (unpaired) electrons. The number of rotatable bonds is 8. The van der Waals surface area contributed by atoms with Crippen molar-refractivity contribution in [1.82, 2.24) is 19.9 Å². The summed E-state index contributed by atoms with van der Waals surface area (Å²) in [4.78, 5) is 20.6. The molecule has 27 heavy (non-hydrogen) atoms. The van der Waals surface area contributed by atoms with Gasteiger partial charge in [-0.05, 0) is 55.3 Å². The van der Waals surface area contributed by atoms with Gasteiger partial charge in [-0.3, -0.25) is 9.36 Å². The van der Waals surface area contributed by atoms with Crippen LogP contribution >= 0.6 is 11.6 Å². The lowest BCUT2D eigenvalue weighted by molar-refractivity contribution is -0.121. The van der Waals surface area contributed by atoms with Crippen molar-refractivity contribution < 1.29 is 9.53 Å². The van der Waals surface area contributed by atoms with Gasteiger partial charge in [0.15, 0.2) is 0 Å². The van der Waals surface area contributed by atoms with E-state index in [1.54, 1.807) is 24.5 Å². The molecule has 2 heterocycles. The van der Waals surface area contributed by atoms with Crippen LogP contribution in [0.4, 0.5) is 0 Å². The van der Waals surface area contributed by atoms with Crippen LogP contribution in [0, 0.1) is 6.92 Å². The highest BCUT2D eigenvalue weighted by molar-refractivity contribution is 6.30. The van der Waals surface area contributed by atoms with Crippen molar-refractivity contribution in [3.63, 3.8) is 0 Å². The molecule has 0 fully saturated rings. The van der Waals surface area contributed by atoms with E-state index in [1.807, 2.05) is 42.0 Å². The number of ether oxygens (including phenoxy) is 1. The molecule has 0 atom stereocenters. The van der Waals surface area contributed by atoms with Gasteiger partial charge in [0.1, 0.15) is 17.4 Å². The quantitative estimate of drug-likeness (QED) is 0.601. The minimum atomic E-state index is -0.00752. The zero-order chi connectivity index (χ0) is 19.1. The van der Waals surface area contributed by atoms with Crippen molar-refractivity contribution >= 4 is 17.5 Å². The lowest BCUT2D eigenvalue weighted by Gasteiger charge is -2.09. The van der Waals surface area contributed by atoms with Gasteiger partial charge in [-0.25, -0.2) is 9.97 Å². The van der Waals surface area contributed by atoms with Gasteiger partial charge in [-0.15, -0.1) is 0 Å². The monoisotopic (exact) mass is 384 g/mol. The van der Waals surface area contributed by atoms with Gasteiger partial charge in [0.2, 0.25) is 5.91 Å². The third kappa shape index (κ3) is 5.56. The van der Waals surface area contributed by atoms with Crippen molar-refractivity contribution in [2.45, 2.75) is 26.3 Å². The molecule has 0 aliphatic carbocycles. The molecule has 1 N–H and O–H groups in total. The maximum Gasteiger partial charge on any atom is 0.220 e. The first kappa shape index (κ1) is 18.9. The highest BCUT2D eigenvalue weighted by Crippen LogP contribution is 2.15. The summed E-state index contributed by atoms with van der Waals surface area (Å²) in [7, 11) is 0. The largest absolute Gasteiger partial charge is 0.494 e. The van der Waals surface area contributed by atoms with Crippen LogP contribution in [0.1, 0.15) is 24.2 Å². The second-order valence-corrected chi connectivity index (χ2v) is 6.49. The van der Waals surface area contributed by atoms with E-state index in [9.17, 15) is 4.79 Å². The predicted molar refractivity (Wildman–Crippen MR) is 104 cm³/mol. The normalized spacial score (nSPS) is 10.6. The van der Waals surface area contributed by atoms with E-state index in [4.69, 9.17) is 16.3 Å². The third-order valence-corrected chi connectivity index (χ3v) is 4.25. The molecule has 1 amide bonds. The molecule has 3 rings (SSSR count). The highest BCUT2D eigenvalue weighted by Gasteiger charge is 2.05. The SMILES string of the molecule is Cc1nccn1-c1cc(CNC(=O)CCCOc2ccc(Cl)cc2)ccn1. The number of carbonyl (C=O) groups is 1. The molecule has 2 aromatic heterocycles. The number of nitrogens with zero attached hydrogens (tertiary/aromatic N) is 3. The molecule has 0 spiro atoms. The Balaban J connectivity index is 1.41. The number of hydrogen-bond donors (Lipinski definition) is 1. The van der Waals surface area contributed by atoms with Gasteiger partial charge < -0.3 is 10.1 Å². The molecular formula is C20H21ClN4O2. The Bertz CT molecular complexity index is 893. The summed E-state index contributed by atoms with van der Waals surface area (Å²) < 4.78 is 7.49. The number of aromatic nitrogens is 3. The average molecular weight is 385 g/mol. The molecule has 1 aromatic carbocycles. The summed E-state index contributed by atoms with van der Waals surface area (Å²) in [6, 6.07) is 11.0. The smallest absolute Gasteiger partial charge is 0.220 e. The van der Waals surface area contributed by atoms with E-state index in [2.05, 4.69) is 15.3 Å². The zero-order valence-corrected chi connectivity index (χ0v) is 15.8. The fraction of sp³-hybridized carbons (Fsp3) is 0.250. The molecule has 0 saturated carbocycles. The second-order valence-electron chi connectivity index (χ2n) is 6.05. The third-order valence-electron chi connectivity index (χ3n) is 4.00. The molecule has 140 valence electrons. The molecule has 0 aliphatic rings. The van der Waals surface area contributed by atoms with Gasteiger partial charge in [-0.2, -0.15) is 0 Å². The number of carbonyl (C=O) groups excluding carboxylic acids is 1. The molecule has 0 saturated heterocycles. The fourth-order valence-corrected chi connectivity index (χ4v) is 2.69. The summed E-state index contributed by atoms with van der Waals surface area (Å²) in [5, 5.41) is 3.60. The lowest BCUT2D eigenvalue weighted by Crippen LogP contribution is -2.23. The Morgan fingerprint density at radius 2 is 2.00 bits per heavy atom. The number of hydrogen-bond acceptors (Lipinski definition) is 4. The lowest BCUT2D eigenvalue weighted by atomic mass is 10.2. The second kappa shape index (κ2) is 9.19. The van der Waals surface area contributed by atoms with Crippen LogP contribution in [0.25, 0.3) is 5.82 Å². The van der Waals surface area contributed by atoms with E-state index in [-0.39, 0.29) is 5.91 Å². The van der Waals surface area contributed by atoms with Gasteiger partial charge in [0.25, 0.3) is 0 Å². The maximum absolute atomic E-state index is 12.0. The van der Waals surface area contributed by atoms with Crippen LogP contribution < -0.4 is 10.1 Å². The Labute approximate surface area is 163 Å². The van der Waals surface area contributed by atoms with Crippen LogP contribution in [0.3, 0.4) is 0 Å². The Morgan fingerprint density at radius 1 is 1.19 bits per heavy atom. The van der Waals surface area contributed by atoms with Crippen LogP contribution in [-0.4, -0.2) is 27.0 Å². The van der Waals surface area contributed by atoms with Crippen molar-refractivity contribution in [3.8, 4) is 11.6 Å². The molecule has 0 unspecified atom stereocenters. The Kier molecular flexibility index (Phi) is 6.44. The van der Waals surface area contributed by atoms with Crippen molar-refractivity contribution in [1.29, 1.82) is 0 Å². The number of halogens is 1. The Morgan fingerprint density at radius 3 is 2.74 bits per heavy atom. The fourth-order valence-electron chi connectivity index (χ4n) is 2.56. The summed E-state index contributed by atoms with van der Waals surface area (Å²) in [6.07, 6.45) is 6.38. The van der Waals surface area contributed by atoms with Crippen molar-refractivity contribution in [2.24, 2.45) is 0 Å².